The van der Waals surface area contributed by atoms with E-state index in [0.717, 1.165) is 0 Å². The zero-order valence-electron chi connectivity index (χ0n) is 31.6. The average Bonchev–Trinajstić information content (AvgIpc) is 3.50. The molecule has 6 aromatic rings. The van der Waals surface area contributed by atoms with Crippen LogP contribution < -0.4 is 0 Å². The highest BCUT2D eigenvalue weighted by Crippen LogP contribution is 2.67. The molecule has 0 saturated heterocycles. The lowest BCUT2D eigenvalue weighted by Crippen LogP contribution is -2.22. The molecule has 0 saturated carbocycles. The summed E-state index contributed by atoms with van der Waals surface area (Å²) in [5, 5.41) is 5.64. The lowest BCUT2D eigenvalue weighted by Gasteiger charge is -2.32. The molecule has 0 unspecified atom stereocenters. The SMILES string of the molecule is CC(C)(C)c1c2ccccc2c(C(C)(C)C)c2cc3c(cc12)-c1c2c(c4c(c1C3(C)C)-c1ccccc1C4(C)C)-c1ccccc1C2(C)C. The van der Waals surface area contributed by atoms with Crippen LogP contribution in [-0.4, -0.2) is 0 Å². The van der Waals surface area contributed by atoms with Gasteiger partial charge in [0.15, 0.2) is 0 Å². The molecule has 0 amide bonds. The van der Waals surface area contributed by atoms with Crippen molar-refractivity contribution in [1.82, 2.24) is 0 Å². The minimum atomic E-state index is -0.181. The molecule has 0 aliphatic heterocycles. The maximum atomic E-state index is 2.65. The van der Waals surface area contributed by atoms with Gasteiger partial charge in [-0.25, -0.2) is 0 Å². The molecule has 3 aliphatic carbocycles. The van der Waals surface area contributed by atoms with E-state index in [-0.39, 0.29) is 27.1 Å². The third-order valence-corrected chi connectivity index (χ3v) is 12.7. The van der Waals surface area contributed by atoms with E-state index in [1.54, 1.807) is 0 Å². The molecule has 0 fully saturated rings. The third kappa shape index (κ3) is 3.66. The first-order valence-electron chi connectivity index (χ1n) is 18.4. The summed E-state index contributed by atoms with van der Waals surface area (Å²) in [6, 6.07) is 33.1. The summed E-state index contributed by atoms with van der Waals surface area (Å²) in [5.41, 5.74) is 20.2. The number of hydrogen-bond acceptors (Lipinski definition) is 0. The van der Waals surface area contributed by atoms with Crippen LogP contribution >= 0.6 is 0 Å². The Kier molecular flexibility index (Phi) is 5.76. The van der Waals surface area contributed by atoms with E-state index < -0.39 is 0 Å². The Labute approximate surface area is 293 Å². The van der Waals surface area contributed by atoms with E-state index in [9.17, 15) is 0 Å². The van der Waals surface area contributed by atoms with Crippen LogP contribution in [0.3, 0.4) is 0 Å². The van der Waals surface area contributed by atoms with Gasteiger partial charge >= 0.3 is 0 Å². The molecule has 0 atom stereocenters. The van der Waals surface area contributed by atoms with Crippen LogP contribution in [0.2, 0.25) is 0 Å². The van der Waals surface area contributed by atoms with Crippen LogP contribution in [0.4, 0.5) is 0 Å². The summed E-state index contributed by atoms with van der Waals surface area (Å²) in [6.07, 6.45) is 0. The maximum Gasteiger partial charge on any atom is 0.0165 e. The summed E-state index contributed by atoms with van der Waals surface area (Å²) in [5.74, 6) is 0. The molecular weight excluding hydrogens is 589 g/mol. The number of benzene rings is 6. The van der Waals surface area contributed by atoms with Crippen molar-refractivity contribution < 1.29 is 0 Å². The van der Waals surface area contributed by atoms with E-state index in [1.807, 2.05) is 0 Å². The Morgan fingerprint density at radius 3 is 1.14 bits per heavy atom. The van der Waals surface area contributed by atoms with Crippen LogP contribution in [0, 0.1) is 0 Å². The molecular formula is C49H50. The van der Waals surface area contributed by atoms with Crippen molar-refractivity contribution in [3.05, 3.63) is 129 Å². The highest BCUT2D eigenvalue weighted by atomic mass is 14.5. The molecule has 0 aromatic heterocycles. The molecule has 0 heterocycles. The van der Waals surface area contributed by atoms with Gasteiger partial charge in [0, 0.05) is 16.2 Å². The van der Waals surface area contributed by atoms with Gasteiger partial charge in [0.05, 0.1) is 0 Å². The van der Waals surface area contributed by atoms with Gasteiger partial charge in [-0.05, 0) is 122 Å². The molecule has 0 N–H and O–H groups in total. The highest BCUT2D eigenvalue weighted by Gasteiger charge is 2.52. The van der Waals surface area contributed by atoms with Crippen LogP contribution in [0.1, 0.15) is 128 Å². The fraction of sp³-hybridized carbons (Fsp3) is 0.347. The molecule has 0 heteroatoms. The molecule has 3 aliphatic rings. The number of fused-ring (bicyclic) bond motifs is 14. The molecule has 0 spiro atoms. The lowest BCUT2D eigenvalue weighted by molar-refractivity contribution is 0.593. The van der Waals surface area contributed by atoms with Crippen LogP contribution in [0.5, 0.6) is 0 Å². The largest absolute Gasteiger partial charge is 0.0619 e. The minimum Gasteiger partial charge on any atom is -0.0619 e. The van der Waals surface area contributed by atoms with Gasteiger partial charge in [0.2, 0.25) is 0 Å². The Morgan fingerprint density at radius 1 is 0.367 bits per heavy atom. The first kappa shape index (κ1) is 30.9. The van der Waals surface area contributed by atoms with Gasteiger partial charge in [-0.1, -0.05) is 156 Å². The van der Waals surface area contributed by atoms with Crippen LogP contribution in [0.15, 0.2) is 84.9 Å². The monoisotopic (exact) mass is 638 g/mol. The second-order valence-electron chi connectivity index (χ2n) is 19.0. The Bertz CT molecular complexity index is 2460. The van der Waals surface area contributed by atoms with Crippen molar-refractivity contribution in [1.29, 1.82) is 0 Å². The smallest absolute Gasteiger partial charge is 0.0165 e. The van der Waals surface area contributed by atoms with Gasteiger partial charge in [-0.3, -0.25) is 0 Å². The van der Waals surface area contributed by atoms with Crippen molar-refractivity contribution in [2.75, 3.05) is 0 Å². The molecule has 6 aromatic carbocycles. The second kappa shape index (κ2) is 9.14. The summed E-state index contributed by atoms with van der Waals surface area (Å²) in [4.78, 5) is 0. The van der Waals surface area contributed by atoms with Crippen LogP contribution in [-0.2, 0) is 27.1 Å². The van der Waals surface area contributed by atoms with Gasteiger partial charge in [0.1, 0.15) is 0 Å². The summed E-state index contributed by atoms with van der Waals surface area (Å²) < 4.78 is 0. The van der Waals surface area contributed by atoms with E-state index in [2.05, 4.69) is 168 Å². The molecule has 9 rings (SSSR count). The van der Waals surface area contributed by atoms with Crippen molar-refractivity contribution in [3.8, 4) is 33.4 Å². The molecule has 49 heavy (non-hydrogen) atoms. The Hall–Kier alpha value is -4.16. The molecule has 0 bridgehead atoms. The summed E-state index contributed by atoms with van der Waals surface area (Å²) >= 11 is 0. The normalized spacial score (nSPS) is 17.5. The zero-order valence-corrected chi connectivity index (χ0v) is 31.6. The maximum absolute atomic E-state index is 2.65. The van der Waals surface area contributed by atoms with Gasteiger partial charge in [0.25, 0.3) is 0 Å². The first-order chi connectivity index (χ1) is 22.9. The first-order valence-corrected chi connectivity index (χ1v) is 18.4. The van der Waals surface area contributed by atoms with Crippen molar-refractivity contribution in [2.45, 2.75) is 110 Å². The zero-order chi connectivity index (χ0) is 34.8. The lowest BCUT2D eigenvalue weighted by atomic mass is 9.71. The Balaban J connectivity index is 1.54. The molecule has 0 nitrogen and oxygen atoms in total. The third-order valence-electron chi connectivity index (χ3n) is 12.7. The van der Waals surface area contributed by atoms with E-state index in [1.165, 1.54) is 99.4 Å². The van der Waals surface area contributed by atoms with Crippen LogP contribution in [0.25, 0.3) is 54.9 Å². The van der Waals surface area contributed by atoms with Crippen molar-refractivity contribution in [3.63, 3.8) is 0 Å². The molecule has 246 valence electrons. The number of rotatable bonds is 0. The Morgan fingerprint density at radius 2 is 0.714 bits per heavy atom. The van der Waals surface area contributed by atoms with E-state index in [4.69, 9.17) is 0 Å². The fourth-order valence-electron chi connectivity index (χ4n) is 10.9. The van der Waals surface area contributed by atoms with E-state index in [0.29, 0.717) is 0 Å². The topological polar surface area (TPSA) is 0 Å². The van der Waals surface area contributed by atoms with Crippen molar-refractivity contribution >= 4 is 21.5 Å². The van der Waals surface area contributed by atoms with Crippen molar-refractivity contribution in [2.24, 2.45) is 0 Å². The van der Waals surface area contributed by atoms with Gasteiger partial charge in [-0.2, -0.15) is 0 Å². The van der Waals surface area contributed by atoms with E-state index >= 15 is 0 Å². The quantitative estimate of drug-likeness (QED) is 0.145. The fourth-order valence-corrected chi connectivity index (χ4v) is 10.9. The average molecular weight is 639 g/mol. The molecule has 0 radical (unpaired) electrons. The van der Waals surface area contributed by atoms with Gasteiger partial charge in [-0.15, -0.1) is 0 Å². The number of hydrogen-bond donors (Lipinski definition) is 0. The highest BCUT2D eigenvalue weighted by molar-refractivity contribution is 6.12. The second-order valence-corrected chi connectivity index (χ2v) is 19.0. The predicted octanol–water partition coefficient (Wildman–Crippen LogP) is 13.5. The predicted molar refractivity (Wildman–Crippen MR) is 212 cm³/mol. The minimum absolute atomic E-state index is 0.0206. The summed E-state index contributed by atoms with van der Waals surface area (Å²) in [6.45, 7) is 29.3. The summed E-state index contributed by atoms with van der Waals surface area (Å²) in [7, 11) is 0. The van der Waals surface area contributed by atoms with Gasteiger partial charge < -0.3 is 0 Å². The standard InChI is InChI=1S/C49H50/c1-45(2,3)40-27-19-13-14-20-28(27)41(46(4,5)6)32-26-36-33(25-31(32)40)39-43-37(29-21-15-18-24-35(29)48(43,9)10)42-38(44(39)49(36,11)12)30-22-16-17-23-34(30)47(42,7)8/h13-26H,1-12H3.